The first-order valence-corrected chi connectivity index (χ1v) is 11.8. The maximum Gasteiger partial charge on any atom is 0.241 e. The van der Waals surface area contributed by atoms with Gasteiger partial charge in [0.2, 0.25) is 10.0 Å². The molecule has 0 spiro atoms. The number of hydrogen-bond donors (Lipinski definition) is 2. The van der Waals surface area contributed by atoms with Crippen LogP contribution in [0.1, 0.15) is 46.1 Å². The molecule has 1 aliphatic rings. The van der Waals surface area contributed by atoms with Crippen molar-refractivity contribution < 1.29 is 13.2 Å². The third-order valence-electron chi connectivity index (χ3n) is 4.42. The van der Waals surface area contributed by atoms with E-state index in [1.807, 2.05) is 51.8 Å². The lowest BCUT2D eigenvalue weighted by molar-refractivity contribution is 0.115. The second-order valence-corrected chi connectivity index (χ2v) is 10.2. The molecule has 1 aliphatic carbocycles. The van der Waals surface area contributed by atoms with E-state index in [0.29, 0.717) is 12.2 Å². The average Bonchev–Trinajstić information content (AvgIpc) is 3.44. The van der Waals surface area contributed by atoms with Gasteiger partial charge in [0.15, 0.2) is 5.96 Å². The average molecular weight is 425 g/mol. The van der Waals surface area contributed by atoms with Crippen LogP contribution in [0.5, 0.6) is 0 Å². The highest BCUT2D eigenvalue weighted by atomic mass is 32.2. The van der Waals surface area contributed by atoms with Crippen LogP contribution in [0.3, 0.4) is 0 Å². The van der Waals surface area contributed by atoms with Crippen molar-refractivity contribution in [3.8, 4) is 0 Å². The van der Waals surface area contributed by atoms with E-state index >= 15 is 0 Å². The summed E-state index contributed by atoms with van der Waals surface area (Å²) in [5.74, 6) is 1.49. The minimum absolute atomic E-state index is 0.268. The molecule has 0 radical (unpaired) electrons. The van der Waals surface area contributed by atoms with Crippen LogP contribution in [0.25, 0.3) is 0 Å². The predicted molar refractivity (Wildman–Crippen MR) is 118 cm³/mol. The van der Waals surface area contributed by atoms with Crippen LogP contribution in [0.4, 0.5) is 0 Å². The molecule has 0 saturated heterocycles. The Morgan fingerprint density at radius 2 is 1.97 bits per heavy atom. The number of ether oxygens (including phenoxy) is 1. The van der Waals surface area contributed by atoms with E-state index in [1.54, 1.807) is 12.1 Å². The Balaban J connectivity index is 2.07. The molecule has 0 heterocycles. The molecule has 7 nitrogen and oxygen atoms in total. The number of nitrogens with one attached hydrogen (secondary N) is 2. The summed E-state index contributed by atoms with van der Waals surface area (Å²) in [4.78, 5) is 6.95. The summed E-state index contributed by atoms with van der Waals surface area (Å²) in [6, 6.07) is 7.01. The number of aliphatic imine (C=N–C) groups is 1. The summed E-state index contributed by atoms with van der Waals surface area (Å²) in [5, 5.41) is 3.27. The first kappa shape index (κ1) is 23.6. The first-order valence-electron chi connectivity index (χ1n) is 10.3. The van der Waals surface area contributed by atoms with Gasteiger partial charge in [0.05, 0.1) is 18.0 Å². The smallest absolute Gasteiger partial charge is 0.241 e. The van der Waals surface area contributed by atoms with Crippen molar-refractivity contribution in [1.29, 1.82) is 0 Å². The molecule has 1 saturated carbocycles. The van der Waals surface area contributed by atoms with E-state index in [1.165, 1.54) is 12.8 Å². The van der Waals surface area contributed by atoms with Gasteiger partial charge in [0.25, 0.3) is 0 Å². The molecule has 0 atom stereocenters. The summed E-state index contributed by atoms with van der Waals surface area (Å²) in [6.45, 7) is 10.7. The van der Waals surface area contributed by atoms with Gasteiger partial charge in [0, 0.05) is 32.3 Å². The summed E-state index contributed by atoms with van der Waals surface area (Å²) in [7, 11) is -1.66. The zero-order valence-electron chi connectivity index (χ0n) is 18.4. The maximum atomic E-state index is 12.8. The molecule has 2 N–H and O–H groups in total. The Labute approximate surface area is 176 Å². The lowest BCUT2D eigenvalue weighted by Gasteiger charge is -2.23. The lowest BCUT2D eigenvalue weighted by Crippen LogP contribution is -2.41. The normalized spacial score (nSPS) is 15.4. The van der Waals surface area contributed by atoms with Crippen LogP contribution in [0.2, 0.25) is 0 Å². The molecule has 0 aromatic heterocycles. The van der Waals surface area contributed by atoms with E-state index in [0.717, 1.165) is 31.6 Å². The highest BCUT2D eigenvalue weighted by Gasteiger charge is 2.24. The summed E-state index contributed by atoms with van der Waals surface area (Å²) >= 11 is 0. The molecule has 2 rings (SSSR count). The molecule has 1 fully saturated rings. The number of rotatable bonds is 10. The van der Waals surface area contributed by atoms with E-state index in [-0.39, 0.29) is 11.4 Å². The monoisotopic (exact) mass is 424 g/mol. The minimum atomic E-state index is -3.62. The summed E-state index contributed by atoms with van der Waals surface area (Å²) < 4.78 is 34.0. The largest absolute Gasteiger partial charge is 0.379 e. The number of benzene rings is 1. The van der Waals surface area contributed by atoms with Gasteiger partial charge < -0.3 is 15.0 Å². The molecule has 164 valence electrons. The summed E-state index contributed by atoms with van der Waals surface area (Å²) in [5.41, 5.74) is 0.114. The van der Waals surface area contributed by atoms with Crippen molar-refractivity contribution >= 4 is 16.0 Å². The van der Waals surface area contributed by atoms with Gasteiger partial charge >= 0.3 is 0 Å². The quantitative estimate of drug-likeness (QED) is 0.343. The second kappa shape index (κ2) is 10.4. The molecule has 0 bridgehead atoms. The SMILES string of the molecule is CCNC(=NCc1ccccc1S(=O)(=O)NC(C)(C)C)N(C)CCOCC1CC1. The fourth-order valence-corrected chi connectivity index (χ4v) is 4.48. The lowest BCUT2D eigenvalue weighted by atomic mass is 10.1. The Morgan fingerprint density at radius 1 is 1.28 bits per heavy atom. The van der Waals surface area contributed by atoms with Crippen molar-refractivity contribution in [3.05, 3.63) is 29.8 Å². The van der Waals surface area contributed by atoms with Gasteiger partial charge in [-0.15, -0.1) is 0 Å². The molecule has 0 aliphatic heterocycles. The number of sulfonamides is 1. The van der Waals surface area contributed by atoms with Crippen LogP contribution in [-0.2, 0) is 21.3 Å². The molecule has 29 heavy (non-hydrogen) atoms. The Morgan fingerprint density at radius 3 is 2.59 bits per heavy atom. The highest BCUT2D eigenvalue weighted by Crippen LogP contribution is 2.28. The maximum absolute atomic E-state index is 12.8. The Hall–Kier alpha value is -1.64. The number of hydrogen-bond acceptors (Lipinski definition) is 4. The zero-order chi connectivity index (χ0) is 21.5. The van der Waals surface area contributed by atoms with Crippen LogP contribution in [0.15, 0.2) is 34.2 Å². The van der Waals surface area contributed by atoms with Crippen LogP contribution in [0, 0.1) is 5.92 Å². The summed E-state index contributed by atoms with van der Waals surface area (Å²) in [6.07, 6.45) is 2.57. The molecule has 1 aromatic rings. The van der Waals surface area contributed by atoms with E-state index in [2.05, 4.69) is 15.0 Å². The first-order chi connectivity index (χ1) is 13.6. The number of guanidine groups is 1. The van der Waals surface area contributed by atoms with Gasteiger partial charge in [-0.3, -0.25) is 0 Å². The van der Waals surface area contributed by atoms with E-state index in [4.69, 9.17) is 4.74 Å². The van der Waals surface area contributed by atoms with E-state index in [9.17, 15) is 8.42 Å². The Bertz CT molecular complexity index is 783. The van der Waals surface area contributed by atoms with Gasteiger partial charge in [-0.05, 0) is 58.1 Å². The van der Waals surface area contributed by atoms with E-state index < -0.39 is 15.6 Å². The van der Waals surface area contributed by atoms with Crippen LogP contribution in [-0.4, -0.2) is 58.2 Å². The van der Waals surface area contributed by atoms with Crippen molar-refractivity contribution in [2.75, 3.05) is 33.4 Å². The van der Waals surface area contributed by atoms with Gasteiger partial charge in [0.1, 0.15) is 0 Å². The highest BCUT2D eigenvalue weighted by molar-refractivity contribution is 7.89. The van der Waals surface area contributed by atoms with Crippen molar-refractivity contribution in [3.63, 3.8) is 0 Å². The molecule has 0 unspecified atom stereocenters. The molecular formula is C21H36N4O3S. The van der Waals surface area contributed by atoms with Crippen LogP contribution >= 0.6 is 0 Å². The third-order valence-corrected chi connectivity index (χ3v) is 6.28. The fourth-order valence-electron chi connectivity index (χ4n) is 2.83. The van der Waals surface area contributed by atoms with Gasteiger partial charge in [-0.1, -0.05) is 18.2 Å². The fraction of sp³-hybridized carbons (Fsp3) is 0.667. The van der Waals surface area contributed by atoms with Crippen LogP contribution < -0.4 is 10.0 Å². The van der Waals surface area contributed by atoms with Crippen molar-refractivity contribution in [2.24, 2.45) is 10.9 Å². The Kier molecular flexibility index (Phi) is 8.48. The number of nitrogens with zero attached hydrogens (tertiary/aromatic N) is 2. The number of likely N-dealkylation sites (N-methyl/N-ethyl adjacent to an activating group) is 1. The van der Waals surface area contributed by atoms with Crippen molar-refractivity contribution in [1.82, 2.24) is 14.9 Å². The third kappa shape index (κ3) is 8.32. The minimum Gasteiger partial charge on any atom is -0.379 e. The molecule has 0 amide bonds. The standard InChI is InChI=1S/C21H36N4O3S/c1-6-22-20(25(5)13-14-28-16-17-11-12-17)23-15-18-9-7-8-10-19(18)29(26,27)24-21(2,3)4/h7-10,17,24H,6,11-16H2,1-5H3,(H,22,23). The second-order valence-electron chi connectivity index (χ2n) is 8.57. The van der Waals surface area contributed by atoms with Gasteiger partial charge in [-0.25, -0.2) is 18.1 Å². The topological polar surface area (TPSA) is 83.0 Å². The molecule has 1 aromatic carbocycles. The molecular weight excluding hydrogens is 388 g/mol. The zero-order valence-corrected chi connectivity index (χ0v) is 19.2. The van der Waals surface area contributed by atoms with Gasteiger partial charge in [-0.2, -0.15) is 0 Å². The molecule has 8 heteroatoms. The van der Waals surface area contributed by atoms with Crippen molar-refractivity contribution in [2.45, 2.75) is 57.5 Å². The predicted octanol–water partition coefficient (Wildman–Crippen LogP) is 2.59.